The molecule has 0 radical (unpaired) electrons. The summed E-state index contributed by atoms with van der Waals surface area (Å²) in [6.07, 6.45) is 0.760. The smallest absolute Gasteiger partial charge is 0.267 e. The van der Waals surface area contributed by atoms with Crippen molar-refractivity contribution >= 4 is 40.0 Å². The van der Waals surface area contributed by atoms with Gasteiger partial charge in [-0.25, -0.2) is 0 Å². The Morgan fingerprint density at radius 1 is 1.10 bits per heavy atom. The molecule has 0 fully saturated rings. The van der Waals surface area contributed by atoms with Crippen LogP contribution in [0.25, 0.3) is 10.9 Å². The van der Waals surface area contributed by atoms with E-state index in [1.54, 1.807) is 15.7 Å². The van der Waals surface area contributed by atoms with Crippen molar-refractivity contribution in [1.82, 2.24) is 15.2 Å². The molecule has 0 unspecified atom stereocenters. The minimum Gasteiger partial charge on any atom is -0.366 e. The summed E-state index contributed by atoms with van der Waals surface area (Å²) in [4.78, 5) is 41.8. The number of thiophene rings is 1. The third kappa shape index (κ3) is 4.54. The second-order valence-electron chi connectivity index (χ2n) is 7.34. The summed E-state index contributed by atoms with van der Waals surface area (Å²) in [5.41, 5.74) is 9.57. The fourth-order valence-electron chi connectivity index (χ4n) is 3.53. The summed E-state index contributed by atoms with van der Waals surface area (Å²) >= 11 is 1.27. The molecule has 0 atom stereocenters. The molecular weight excluding hydrogens is 400 g/mol. The zero-order chi connectivity index (χ0) is 21.8. The zero-order valence-corrected chi connectivity index (χ0v) is 18.2. The van der Waals surface area contributed by atoms with Gasteiger partial charge in [0, 0.05) is 41.3 Å². The highest BCUT2D eigenvalue weighted by atomic mass is 32.1. The van der Waals surface area contributed by atoms with Crippen LogP contribution in [0.1, 0.15) is 55.7 Å². The molecule has 0 bridgehead atoms. The SMILES string of the molecule is CCCN(CCNC(=O)c1cc2c(C)cc(C)cc2[nH]1)C(=O)c1cscc1C(N)=O. The van der Waals surface area contributed by atoms with Crippen molar-refractivity contribution in [2.75, 3.05) is 19.6 Å². The molecular formula is C22H26N4O3S. The van der Waals surface area contributed by atoms with Crippen LogP contribution in [0.3, 0.4) is 0 Å². The Labute approximate surface area is 179 Å². The van der Waals surface area contributed by atoms with Crippen molar-refractivity contribution < 1.29 is 14.4 Å². The zero-order valence-electron chi connectivity index (χ0n) is 17.4. The molecule has 30 heavy (non-hydrogen) atoms. The fraction of sp³-hybridized carbons (Fsp3) is 0.318. The summed E-state index contributed by atoms with van der Waals surface area (Å²) in [6.45, 7) is 7.16. The number of carbonyl (C=O) groups is 3. The Balaban J connectivity index is 1.66. The van der Waals surface area contributed by atoms with E-state index in [9.17, 15) is 14.4 Å². The lowest BCUT2D eigenvalue weighted by atomic mass is 10.1. The molecule has 0 aliphatic carbocycles. The van der Waals surface area contributed by atoms with E-state index in [4.69, 9.17) is 5.73 Å². The van der Waals surface area contributed by atoms with Gasteiger partial charge in [0.15, 0.2) is 0 Å². The van der Waals surface area contributed by atoms with E-state index in [0.717, 1.165) is 28.5 Å². The number of hydrogen-bond donors (Lipinski definition) is 3. The van der Waals surface area contributed by atoms with E-state index in [-0.39, 0.29) is 17.4 Å². The number of nitrogens with one attached hydrogen (secondary N) is 2. The van der Waals surface area contributed by atoms with Crippen LogP contribution in [0.4, 0.5) is 0 Å². The van der Waals surface area contributed by atoms with Crippen molar-refractivity contribution in [1.29, 1.82) is 0 Å². The van der Waals surface area contributed by atoms with Crippen LogP contribution in [0.5, 0.6) is 0 Å². The van der Waals surface area contributed by atoms with Crippen molar-refractivity contribution in [3.63, 3.8) is 0 Å². The molecule has 7 nitrogen and oxygen atoms in total. The van der Waals surface area contributed by atoms with E-state index >= 15 is 0 Å². The standard InChI is InChI=1S/C22H26N4O3S/c1-4-6-26(22(29)17-12-30-11-16(17)20(23)27)7-5-24-21(28)19-10-15-14(3)8-13(2)9-18(15)25-19/h8-12,25H,4-7H2,1-3H3,(H2,23,27)(H,24,28). The first-order valence-electron chi connectivity index (χ1n) is 9.85. The third-order valence-corrected chi connectivity index (χ3v) is 5.68. The number of aromatic amines is 1. The molecule has 0 aliphatic rings. The van der Waals surface area contributed by atoms with Gasteiger partial charge < -0.3 is 20.9 Å². The number of fused-ring (bicyclic) bond motifs is 1. The van der Waals surface area contributed by atoms with E-state index in [2.05, 4.69) is 16.4 Å². The molecule has 0 saturated heterocycles. The minimum atomic E-state index is -0.617. The Morgan fingerprint density at radius 2 is 1.83 bits per heavy atom. The second-order valence-corrected chi connectivity index (χ2v) is 8.08. The molecule has 2 heterocycles. The first kappa shape index (κ1) is 21.6. The Bertz CT molecular complexity index is 1100. The van der Waals surface area contributed by atoms with Crippen molar-refractivity contribution in [2.45, 2.75) is 27.2 Å². The molecule has 3 amide bonds. The number of nitrogens with zero attached hydrogens (tertiary/aromatic N) is 1. The number of amides is 3. The molecule has 0 spiro atoms. The summed E-state index contributed by atoms with van der Waals surface area (Å²) in [5.74, 6) is -1.09. The highest BCUT2D eigenvalue weighted by Gasteiger charge is 2.21. The summed E-state index contributed by atoms with van der Waals surface area (Å²) in [6, 6.07) is 5.94. The van der Waals surface area contributed by atoms with Crippen LogP contribution >= 0.6 is 11.3 Å². The first-order valence-corrected chi connectivity index (χ1v) is 10.8. The van der Waals surface area contributed by atoms with Gasteiger partial charge in [-0.15, -0.1) is 0 Å². The monoisotopic (exact) mass is 426 g/mol. The number of carbonyl (C=O) groups excluding carboxylic acids is 3. The number of aryl methyl sites for hydroxylation is 2. The van der Waals surface area contributed by atoms with Crippen molar-refractivity contribution in [3.8, 4) is 0 Å². The first-order chi connectivity index (χ1) is 14.3. The molecule has 1 aromatic carbocycles. The normalized spacial score (nSPS) is 10.9. The number of aromatic nitrogens is 1. The van der Waals surface area contributed by atoms with Crippen LogP contribution in [-0.2, 0) is 0 Å². The van der Waals surface area contributed by atoms with Gasteiger partial charge >= 0.3 is 0 Å². The Morgan fingerprint density at radius 3 is 2.53 bits per heavy atom. The topological polar surface area (TPSA) is 108 Å². The van der Waals surface area contributed by atoms with E-state index in [1.807, 2.05) is 32.9 Å². The van der Waals surface area contributed by atoms with Crippen LogP contribution < -0.4 is 11.1 Å². The molecule has 8 heteroatoms. The van der Waals surface area contributed by atoms with Crippen LogP contribution in [0.2, 0.25) is 0 Å². The van der Waals surface area contributed by atoms with Gasteiger partial charge in [0.2, 0.25) is 5.91 Å². The average molecular weight is 427 g/mol. The molecule has 3 rings (SSSR count). The van der Waals surface area contributed by atoms with Gasteiger partial charge in [-0.3, -0.25) is 14.4 Å². The van der Waals surface area contributed by atoms with Gasteiger partial charge in [-0.2, -0.15) is 11.3 Å². The molecule has 158 valence electrons. The van der Waals surface area contributed by atoms with Crippen LogP contribution in [0, 0.1) is 13.8 Å². The Hall–Kier alpha value is -3.13. The van der Waals surface area contributed by atoms with E-state index in [0.29, 0.717) is 30.9 Å². The molecule has 0 saturated carbocycles. The number of primary amides is 1. The van der Waals surface area contributed by atoms with Gasteiger partial charge in [0.25, 0.3) is 11.8 Å². The van der Waals surface area contributed by atoms with Gasteiger partial charge in [0.1, 0.15) is 5.69 Å². The van der Waals surface area contributed by atoms with Gasteiger partial charge in [0.05, 0.1) is 11.1 Å². The second kappa shape index (κ2) is 9.13. The maximum Gasteiger partial charge on any atom is 0.267 e. The maximum atomic E-state index is 12.9. The van der Waals surface area contributed by atoms with E-state index in [1.165, 1.54) is 11.3 Å². The molecule has 4 N–H and O–H groups in total. The third-order valence-electron chi connectivity index (χ3n) is 4.94. The lowest BCUT2D eigenvalue weighted by Gasteiger charge is -2.22. The summed E-state index contributed by atoms with van der Waals surface area (Å²) in [7, 11) is 0. The molecule has 0 aliphatic heterocycles. The largest absolute Gasteiger partial charge is 0.366 e. The minimum absolute atomic E-state index is 0.222. The number of rotatable bonds is 8. The van der Waals surface area contributed by atoms with Crippen LogP contribution in [-0.4, -0.2) is 47.2 Å². The highest BCUT2D eigenvalue weighted by molar-refractivity contribution is 7.08. The predicted octanol–water partition coefficient (Wildman–Crippen LogP) is 3.23. The quantitative estimate of drug-likeness (QED) is 0.514. The number of benzene rings is 1. The summed E-state index contributed by atoms with van der Waals surface area (Å²) < 4.78 is 0. The molecule has 3 aromatic rings. The van der Waals surface area contributed by atoms with E-state index < -0.39 is 5.91 Å². The van der Waals surface area contributed by atoms with Crippen LogP contribution in [0.15, 0.2) is 29.0 Å². The lowest BCUT2D eigenvalue weighted by Crippen LogP contribution is -2.39. The summed E-state index contributed by atoms with van der Waals surface area (Å²) in [5, 5.41) is 7.11. The van der Waals surface area contributed by atoms with Crippen molar-refractivity contribution in [2.24, 2.45) is 5.73 Å². The number of hydrogen-bond acceptors (Lipinski definition) is 4. The average Bonchev–Trinajstić information content (AvgIpc) is 3.34. The van der Waals surface area contributed by atoms with Crippen molar-refractivity contribution in [3.05, 3.63) is 56.9 Å². The maximum absolute atomic E-state index is 12.9. The highest BCUT2D eigenvalue weighted by Crippen LogP contribution is 2.21. The molecule has 2 aromatic heterocycles. The van der Waals surface area contributed by atoms with Gasteiger partial charge in [-0.1, -0.05) is 13.0 Å². The fourth-order valence-corrected chi connectivity index (χ4v) is 4.34. The Kier molecular flexibility index (Phi) is 6.56. The predicted molar refractivity (Wildman–Crippen MR) is 119 cm³/mol. The number of nitrogens with two attached hydrogens (primary N) is 1. The van der Waals surface area contributed by atoms with Gasteiger partial charge in [-0.05, 0) is 43.5 Å². The number of H-pyrrole nitrogens is 1. The lowest BCUT2D eigenvalue weighted by molar-refractivity contribution is 0.0744.